The van der Waals surface area contributed by atoms with Crippen molar-refractivity contribution in [2.45, 2.75) is 19.4 Å². The Labute approximate surface area is 155 Å². The van der Waals surface area contributed by atoms with Gasteiger partial charge in [0.25, 0.3) is 0 Å². The van der Waals surface area contributed by atoms with Gasteiger partial charge in [-0.25, -0.2) is 0 Å². The Hall–Kier alpha value is -2.74. The van der Waals surface area contributed by atoms with Gasteiger partial charge in [-0.05, 0) is 36.6 Å². The number of carbonyl (C=O) groups excluding carboxylic acids is 1. The van der Waals surface area contributed by atoms with Gasteiger partial charge in [0.2, 0.25) is 16.2 Å². The number of amides is 1. The van der Waals surface area contributed by atoms with Crippen LogP contribution in [0.5, 0.6) is 0 Å². The van der Waals surface area contributed by atoms with Gasteiger partial charge in [-0.1, -0.05) is 17.4 Å². The Kier molecular flexibility index (Phi) is 4.92. The van der Waals surface area contributed by atoms with Crippen LogP contribution in [0.4, 0.5) is 5.13 Å². The van der Waals surface area contributed by atoms with Gasteiger partial charge in [-0.15, -0.1) is 10.2 Å². The average molecular weight is 368 g/mol. The fraction of sp³-hybridized carbons (Fsp3) is 0.333. The van der Waals surface area contributed by atoms with Crippen LogP contribution in [0.15, 0.2) is 49.1 Å². The van der Waals surface area contributed by atoms with Gasteiger partial charge in [0.15, 0.2) is 0 Å². The zero-order chi connectivity index (χ0) is 17.8. The Morgan fingerprint density at radius 1 is 1.23 bits per heavy atom. The predicted molar refractivity (Wildman–Crippen MR) is 100 cm³/mol. The molecule has 134 valence electrons. The van der Waals surface area contributed by atoms with E-state index in [2.05, 4.69) is 25.4 Å². The summed E-state index contributed by atoms with van der Waals surface area (Å²) in [4.78, 5) is 18.8. The minimum Gasteiger partial charge on any atom is -0.352 e. The molecule has 8 heteroatoms. The topological polar surface area (TPSA) is 75.9 Å². The van der Waals surface area contributed by atoms with Crippen molar-refractivity contribution in [3.05, 3.63) is 54.6 Å². The average Bonchev–Trinajstić information content (AvgIpc) is 3.38. The molecule has 1 unspecified atom stereocenters. The minimum absolute atomic E-state index is 0.0284. The standard InChI is InChI=1S/C18H20N6OS/c25-16(20-12-14-5-3-7-19-11-14)15-6-4-10-24(13-15)18-22-21-17(26-18)23-8-1-2-9-23/h1-3,5,7-9,11,15H,4,6,10,12-13H2,(H,20,25). The first kappa shape index (κ1) is 16.7. The predicted octanol–water partition coefficient (Wildman–Crippen LogP) is 2.26. The van der Waals surface area contributed by atoms with E-state index < -0.39 is 0 Å². The Morgan fingerprint density at radius 3 is 2.88 bits per heavy atom. The summed E-state index contributed by atoms with van der Waals surface area (Å²) in [7, 11) is 0. The van der Waals surface area contributed by atoms with Crippen LogP contribution < -0.4 is 10.2 Å². The molecule has 1 aliphatic heterocycles. The number of nitrogens with one attached hydrogen (secondary N) is 1. The van der Waals surface area contributed by atoms with Crippen LogP contribution >= 0.6 is 11.3 Å². The van der Waals surface area contributed by atoms with Crippen molar-refractivity contribution < 1.29 is 4.79 Å². The Bertz CT molecular complexity index is 848. The number of anilines is 1. The van der Waals surface area contributed by atoms with Crippen LogP contribution in [0, 0.1) is 5.92 Å². The molecule has 0 aliphatic carbocycles. The highest BCUT2D eigenvalue weighted by Crippen LogP contribution is 2.27. The fourth-order valence-corrected chi connectivity index (χ4v) is 3.95. The molecular formula is C18H20N6OS. The van der Waals surface area contributed by atoms with Crippen LogP contribution in [-0.4, -0.2) is 38.7 Å². The van der Waals surface area contributed by atoms with Gasteiger partial charge in [0, 0.05) is 44.4 Å². The largest absolute Gasteiger partial charge is 0.352 e. The van der Waals surface area contributed by atoms with E-state index in [1.807, 2.05) is 41.2 Å². The number of hydrogen-bond donors (Lipinski definition) is 1. The zero-order valence-electron chi connectivity index (χ0n) is 14.3. The molecule has 1 amide bonds. The third-order valence-corrected chi connectivity index (χ3v) is 5.48. The van der Waals surface area contributed by atoms with Crippen molar-refractivity contribution in [3.8, 4) is 5.13 Å². The molecule has 0 spiro atoms. The lowest BCUT2D eigenvalue weighted by Gasteiger charge is -2.31. The summed E-state index contributed by atoms with van der Waals surface area (Å²) in [5.41, 5.74) is 1.01. The molecule has 1 saturated heterocycles. The molecule has 1 aliphatic rings. The van der Waals surface area contributed by atoms with Gasteiger partial charge in [0.1, 0.15) is 0 Å². The molecule has 4 rings (SSSR count). The van der Waals surface area contributed by atoms with Crippen molar-refractivity contribution in [1.82, 2.24) is 25.1 Å². The molecule has 3 aromatic rings. The number of piperidine rings is 1. The summed E-state index contributed by atoms with van der Waals surface area (Å²) in [6.07, 6.45) is 9.29. The number of carbonyl (C=O) groups is 1. The molecule has 0 bridgehead atoms. The van der Waals surface area contributed by atoms with Crippen LogP contribution in [-0.2, 0) is 11.3 Å². The Morgan fingerprint density at radius 2 is 2.08 bits per heavy atom. The van der Waals surface area contributed by atoms with Gasteiger partial charge in [0.05, 0.1) is 5.92 Å². The number of aromatic nitrogens is 4. The quantitative estimate of drug-likeness (QED) is 0.748. The maximum Gasteiger partial charge on any atom is 0.225 e. The lowest BCUT2D eigenvalue weighted by molar-refractivity contribution is -0.125. The van der Waals surface area contributed by atoms with Crippen LogP contribution in [0.3, 0.4) is 0 Å². The normalized spacial score (nSPS) is 17.2. The monoisotopic (exact) mass is 368 g/mol. The van der Waals surface area contributed by atoms with Crippen molar-refractivity contribution in [2.24, 2.45) is 5.92 Å². The van der Waals surface area contributed by atoms with Crippen LogP contribution in [0.25, 0.3) is 5.13 Å². The molecule has 0 radical (unpaired) electrons. The molecule has 1 fully saturated rings. The second-order valence-electron chi connectivity index (χ2n) is 6.32. The molecule has 1 atom stereocenters. The zero-order valence-corrected chi connectivity index (χ0v) is 15.1. The molecule has 1 N–H and O–H groups in total. The van der Waals surface area contributed by atoms with E-state index in [0.717, 1.165) is 35.2 Å². The van der Waals surface area contributed by atoms with E-state index in [-0.39, 0.29) is 11.8 Å². The van der Waals surface area contributed by atoms with Gasteiger partial charge < -0.3 is 10.2 Å². The number of hydrogen-bond acceptors (Lipinski definition) is 6. The van der Waals surface area contributed by atoms with E-state index in [4.69, 9.17) is 0 Å². The Balaban J connectivity index is 1.37. The maximum absolute atomic E-state index is 12.5. The first-order valence-corrected chi connectivity index (χ1v) is 9.49. The van der Waals surface area contributed by atoms with E-state index in [1.54, 1.807) is 23.7 Å². The summed E-state index contributed by atoms with van der Waals surface area (Å²) in [6.45, 7) is 2.10. The first-order valence-electron chi connectivity index (χ1n) is 8.68. The van der Waals surface area contributed by atoms with Crippen LogP contribution in [0.1, 0.15) is 18.4 Å². The van der Waals surface area contributed by atoms with Crippen LogP contribution in [0.2, 0.25) is 0 Å². The van der Waals surface area contributed by atoms with Crippen molar-refractivity contribution in [2.75, 3.05) is 18.0 Å². The SMILES string of the molecule is O=C(NCc1cccnc1)C1CCCN(c2nnc(-n3cccc3)s2)C1. The second kappa shape index (κ2) is 7.65. The lowest BCUT2D eigenvalue weighted by atomic mass is 9.97. The van der Waals surface area contributed by atoms with E-state index >= 15 is 0 Å². The fourth-order valence-electron chi connectivity index (χ4n) is 3.10. The van der Waals surface area contributed by atoms with Gasteiger partial charge >= 0.3 is 0 Å². The maximum atomic E-state index is 12.5. The van der Waals surface area contributed by atoms with E-state index in [9.17, 15) is 4.79 Å². The summed E-state index contributed by atoms with van der Waals surface area (Å²) >= 11 is 1.55. The number of nitrogens with zero attached hydrogens (tertiary/aromatic N) is 5. The highest BCUT2D eigenvalue weighted by Gasteiger charge is 2.27. The molecular weight excluding hydrogens is 348 g/mol. The minimum atomic E-state index is -0.0284. The summed E-state index contributed by atoms with van der Waals surface area (Å²) < 4.78 is 1.95. The van der Waals surface area contributed by atoms with Crippen molar-refractivity contribution >= 4 is 22.4 Å². The number of rotatable bonds is 5. The molecule has 0 aromatic carbocycles. The third-order valence-electron chi connectivity index (χ3n) is 4.48. The summed E-state index contributed by atoms with van der Waals surface area (Å²) in [5.74, 6) is 0.0630. The van der Waals surface area contributed by atoms with E-state index in [1.165, 1.54) is 0 Å². The van der Waals surface area contributed by atoms with Crippen molar-refractivity contribution in [1.29, 1.82) is 0 Å². The molecule has 7 nitrogen and oxygen atoms in total. The summed E-state index contributed by atoms with van der Waals surface area (Å²) in [6, 6.07) is 7.77. The highest BCUT2D eigenvalue weighted by molar-refractivity contribution is 7.17. The smallest absolute Gasteiger partial charge is 0.225 e. The first-order chi connectivity index (χ1) is 12.8. The second-order valence-corrected chi connectivity index (χ2v) is 7.26. The molecule has 26 heavy (non-hydrogen) atoms. The van der Waals surface area contributed by atoms with Gasteiger partial charge in [-0.2, -0.15) is 0 Å². The van der Waals surface area contributed by atoms with Crippen molar-refractivity contribution in [3.63, 3.8) is 0 Å². The van der Waals surface area contributed by atoms with Gasteiger partial charge in [-0.3, -0.25) is 14.3 Å². The van der Waals surface area contributed by atoms with E-state index in [0.29, 0.717) is 13.1 Å². The molecule has 3 aromatic heterocycles. The third kappa shape index (κ3) is 3.75. The molecule has 4 heterocycles. The highest BCUT2D eigenvalue weighted by atomic mass is 32.1. The lowest BCUT2D eigenvalue weighted by Crippen LogP contribution is -2.43. The summed E-state index contributed by atoms with van der Waals surface area (Å²) in [5, 5.41) is 13.3. The molecule has 0 saturated carbocycles. The number of pyridine rings is 1.